The molecule has 0 aliphatic heterocycles. The Morgan fingerprint density at radius 1 is 1.19 bits per heavy atom. The van der Waals surface area contributed by atoms with Crippen LogP contribution in [0.2, 0.25) is 0 Å². The summed E-state index contributed by atoms with van der Waals surface area (Å²) in [7, 11) is 1.64. The lowest BCUT2D eigenvalue weighted by Crippen LogP contribution is -2.19. The van der Waals surface area contributed by atoms with E-state index in [0.717, 1.165) is 23.0 Å². The molecule has 0 fully saturated rings. The van der Waals surface area contributed by atoms with Crippen molar-refractivity contribution < 1.29 is 23.7 Å². The van der Waals surface area contributed by atoms with Crippen molar-refractivity contribution in [3.63, 3.8) is 0 Å². The fourth-order valence-electron chi connectivity index (χ4n) is 2.13. The number of benzene rings is 1. The standard InChI is InChI=1S/C21H28O5/c1-6-21(22)26-18(4)13-17(3)25-12-11-16(2)14-24-15-19-7-9-20(23-5)10-8-19/h6-12,14,17-18H,1,13,15H2,2-5H3/b12-11+,16-14-/t17-,18-/m0/s1. The first-order chi connectivity index (χ1) is 12.4. The maximum Gasteiger partial charge on any atom is 0.330 e. The van der Waals surface area contributed by atoms with Gasteiger partial charge in [-0.1, -0.05) is 18.7 Å². The Hall–Kier alpha value is -2.69. The summed E-state index contributed by atoms with van der Waals surface area (Å²) in [6.07, 6.45) is 6.58. The van der Waals surface area contributed by atoms with E-state index in [4.69, 9.17) is 18.9 Å². The summed E-state index contributed by atoms with van der Waals surface area (Å²) in [5, 5.41) is 0. The van der Waals surface area contributed by atoms with E-state index in [2.05, 4.69) is 6.58 Å². The molecule has 2 atom stereocenters. The predicted molar refractivity (Wildman–Crippen MR) is 102 cm³/mol. The van der Waals surface area contributed by atoms with E-state index < -0.39 is 5.97 Å². The summed E-state index contributed by atoms with van der Waals surface area (Å²) in [6, 6.07) is 7.72. The van der Waals surface area contributed by atoms with Crippen LogP contribution in [0.25, 0.3) is 0 Å². The van der Waals surface area contributed by atoms with Gasteiger partial charge in [-0.15, -0.1) is 0 Å². The summed E-state index contributed by atoms with van der Waals surface area (Å²) in [5.74, 6) is 0.399. The quantitative estimate of drug-likeness (QED) is 0.251. The van der Waals surface area contributed by atoms with Crippen LogP contribution in [0, 0.1) is 0 Å². The van der Waals surface area contributed by atoms with Crippen molar-refractivity contribution in [1.82, 2.24) is 0 Å². The van der Waals surface area contributed by atoms with Gasteiger partial charge in [0.25, 0.3) is 0 Å². The third-order valence-electron chi connectivity index (χ3n) is 3.47. The average molecular weight is 360 g/mol. The van der Waals surface area contributed by atoms with Crippen molar-refractivity contribution in [2.24, 2.45) is 0 Å². The zero-order valence-corrected chi connectivity index (χ0v) is 15.9. The van der Waals surface area contributed by atoms with E-state index in [9.17, 15) is 4.79 Å². The van der Waals surface area contributed by atoms with E-state index in [0.29, 0.717) is 13.0 Å². The van der Waals surface area contributed by atoms with Crippen LogP contribution in [0.15, 0.2) is 61.1 Å². The normalized spacial score (nSPS) is 13.8. The van der Waals surface area contributed by atoms with E-state index >= 15 is 0 Å². The van der Waals surface area contributed by atoms with Crippen LogP contribution in [0.5, 0.6) is 5.75 Å². The minimum absolute atomic E-state index is 0.0770. The van der Waals surface area contributed by atoms with Crippen LogP contribution in [0.1, 0.15) is 32.8 Å². The molecule has 1 aromatic rings. The van der Waals surface area contributed by atoms with Crippen LogP contribution < -0.4 is 4.74 Å². The first kappa shape index (κ1) is 21.4. The Bertz CT molecular complexity index is 616. The summed E-state index contributed by atoms with van der Waals surface area (Å²) in [4.78, 5) is 11.1. The lowest BCUT2D eigenvalue weighted by molar-refractivity contribution is -0.143. The smallest absolute Gasteiger partial charge is 0.330 e. The highest BCUT2D eigenvalue weighted by Gasteiger charge is 2.11. The van der Waals surface area contributed by atoms with Crippen molar-refractivity contribution in [2.45, 2.75) is 46.0 Å². The van der Waals surface area contributed by atoms with Crippen molar-refractivity contribution in [2.75, 3.05) is 7.11 Å². The molecule has 0 bridgehead atoms. The second-order valence-corrected chi connectivity index (χ2v) is 5.96. The maximum absolute atomic E-state index is 11.1. The second-order valence-electron chi connectivity index (χ2n) is 5.96. The summed E-state index contributed by atoms with van der Waals surface area (Å²) in [5.41, 5.74) is 1.99. The molecule has 142 valence electrons. The number of hydrogen-bond donors (Lipinski definition) is 0. The number of hydrogen-bond acceptors (Lipinski definition) is 5. The molecule has 0 saturated heterocycles. The molecular formula is C21H28O5. The highest BCUT2D eigenvalue weighted by atomic mass is 16.5. The minimum atomic E-state index is -0.423. The van der Waals surface area contributed by atoms with Gasteiger partial charge in [0.05, 0.1) is 25.7 Å². The molecule has 0 aliphatic rings. The van der Waals surface area contributed by atoms with Gasteiger partial charge < -0.3 is 18.9 Å². The molecule has 0 N–H and O–H groups in total. The molecule has 5 nitrogen and oxygen atoms in total. The Balaban J connectivity index is 2.31. The van der Waals surface area contributed by atoms with Gasteiger partial charge in [-0.05, 0) is 50.1 Å². The molecule has 0 unspecified atom stereocenters. The van der Waals surface area contributed by atoms with Gasteiger partial charge in [0, 0.05) is 12.5 Å². The van der Waals surface area contributed by atoms with Crippen LogP contribution in [0.3, 0.4) is 0 Å². The summed E-state index contributed by atoms with van der Waals surface area (Å²) >= 11 is 0. The first-order valence-corrected chi connectivity index (χ1v) is 8.51. The van der Waals surface area contributed by atoms with Crippen LogP contribution in [0.4, 0.5) is 0 Å². The van der Waals surface area contributed by atoms with Gasteiger partial charge in [-0.2, -0.15) is 0 Å². The SMILES string of the molecule is C=CC(=O)O[C@@H](C)C[C@H](C)O/C=C/C(C)=C\OCc1ccc(OC)cc1. The van der Waals surface area contributed by atoms with E-state index in [1.54, 1.807) is 19.6 Å². The fraction of sp³-hybridized carbons (Fsp3) is 0.381. The molecule has 0 aliphatic carbocycles. The zero-order valence-electron chi connectivity index (χ0n) is 15.9. The number of methoxy groups -OCH3 is 1. The summed E-state index contributed by atoms with van der Waals surface area (Å²) in [6.45, 7) is 9.52. The van der Waals surface area contributed by atoms with Crippen molar-refractivity contribution in [1.29, 1.82) is 0 Å². The number of esters is 1. The molecule has 0 aromatic heterocycles. The second kappa shape index (κ2) is 11.8. The van der Waals surface area contributed by atoms with Crippen LogP contribution >= 0.6 is 0 Å². The minimum Gasteiger partial charge on any atom is -0.498 e. The van der Waals surface area contributed by atoms with Crippen molar-refractivity contribution in [3.8, 4) is 5.75 Å². The van der Waals surface area contributed by atoms with Gasteiger partial charge in [-0.3, -0.25) is 0 Å². The zero-order chi connectivity index (χ0) is 19.4. The molecule has 0 saturated carbocycles. The summed E-state index contributed by atoms with van der Waals surface area (Å²) < 4.78 is 21.4. The molecule has 1 aromatic carbocycles. The molecule has 0 heterocycles. The van der Waals surface area contributed by atoms with Gasteiger partial charge >= 0.3 is 5.97 Å². The number of carbonyl (C=O) groups is 1. The Morgan fingerprint density at radius 3 is 2.50 bits per heavy atom. The van der Waals surface area contributed by atoms with Crippen molar-refractivity contribution in [3.05, 3.63) is 66.7 Å². The monoisotopic (exact) mass is 360 g/mol. The number of ether oxygens (including phenoxy) is 4. The molecule has 0 radical (unpaired) electrons. The van der Waals surface area contributed by atoms with Crippen LogP contribution in [-0.2, 0) is 25.6 Å². The molecule has 0 amide bonds. The average Bonchev–Trinajstić information content (AvgIpc) is 2.62. The van der Waals surface area contributed by atoms with Gasteiger partial charge in [0.15, 0.2) is 0 Å². The fourth-order valence-corrected chi connectivity index (χ4v) is 2.13. The maximum atomic E-state index is 11.1. The molecule has 26 heavy (non-hydrogen) atoms. The van der Waals surface area contributed by atoms with Gasteiger partial charge in [-0.25, -0.2) is 4.79 Å². The third kappa shape index (κ3) is 8.97. The lowest BCUT2D eigenvalue weighted by Gasteiger charge is -2.16. The van der Waals surface area contributed by atoms with Gasteiger partial charge in [0.1, 0.15) is 18.5 Å². The highest BCUT2D eigenvalue weighted by Crippen LogP contribution is 2.12. The number of rotatable bonds is 11. The van der Waals surface area contributed by atoms with E-state index in [1.165, 1.54) is 0 Å². The number of allylic oxidation sites excluding steroid dienone is 2. The molecule has 5 heteroatoms. The predicted octanol–water partition coefficient (Wildman–Crippen LogP) is 4.54. The Kier molecular flexibility index (Phi) is 9.69. The van der Waals surface area contributed by atoms with E-state index in [1.807, 2.05) is 51.1 Å². The lowest BCUT2D eigenvalue weighted by atomic mass is 10.2. The molecular weight excluding hydrogens is 332 g/mol. The van der Waals surface area contributed by atoms with E-state index in [-0.39, 0.29) is 12.2 Å². The highest BCUT2D eigenvalue weighted by molar-refractivity contribution is 5.81. The molecule has 0 spiro atoms. The third-order valence-corrected chi connectivity index (χ3v) is 3.47. The Morgan fingerprint density at radius 2 is 1.88 bits per heavy atom. The topological polar surface area (TPSA) is 54.0 Å². The van der Waals surface area contributed by atoms with Gasteiger partial charge in [0.2, 0.25) is 0 Å². The van der Waals surface area contributed by atoms with Crippen molar-refractivity contribution >= 4 is 5.97 Å². The first-order valence-electron chi connectivity index (χ1n) is 8.51. The number of carbonyl (C=O) groups excluding carboxylic acids is 1. The largest absolute Gasteiger partial charge is 0.498 e. The molecule has 1 rings (SSSR count). The Labute approximate surface area is 155 Å². The van der Waals surface area contributed by atoms with Crippen LogP contribution in [-0.4, -0.2) is 25.3 Å².